The van der Waals surface area contributed by atoms with Crippen LogP contribution in [-0.4, -0.2) is 20.7 Å². The van der Waals surface area contributed by atoms with Crippen LogP contribution >= 0.6 is 0 Å². The van der Waals surface area contributed by atoms with E-state index in [1.54, 1.807) is 12.1 Å². The van der Waals surface area contributed by atoms with Crippen LogP contribution in [0, 0.1) is 5.82 Å². The minimum atomic E-state index is -0.219. The Hall–Kier alpha value is -2.07. The molecule has 21 heavy (non-hydrogen) atoms. The maximum absolute atomic E-state index is 13.8. The van der Waals surface area contributed by atoms with Gasteiger partial charge in [0.15, 0.2) is 0 Å². The SMILES string of the molecule is CN.CN(c1ccc2c(c1)OCCC2)c1ccccc1F. The van der Waals surface area contributed by atoms with Crippen LogP contribution in [-0.2, 0) is 6.42 Å². The Morgan fingerprint density at radius 2 is 1.90 bits per heavy atom. The maximum Gasteiger partial charge on any atom is 0.146 e. The Kier molecular flexibility index (Phi) is 5.17. The highest BCUT2D eigenvalue weighted by Crippen LogP contribution is 2.32. The number of rotatable bonds is 2. The average molecular weight is 288 g/mol. The molecule has 0 aliphatic carbocycles. The van der Waals surface area contributed by atoms with Crippen LogP contribution in [0.1, 0.15) is 12.0 Å². The number of para-hydroxylation sites is 1. The molecule has 0 unspecified atom stereocenters. The predicted molar refractivity (Wildman–Crippen MR) is 84.8 cm³/mol. The van der Waals surface area contributed by atoms with Crippen molar-refractivity contribution in [3.8, 4) is 5.75 Å². The van der Waals surface area contributed by atoms with Gasteiger partial charge in [0.1, 0.15) is 11.6 Å². The van der Waals surface area contributed by atoms with Gasteiger partial charge in [0.2, 0.25) is 0 Å². The molecular weight excluding hydrogens is 267 g/mol. The van der Waals surface area contributed by atoms with Crippen LogP contribution in [0.25, 0.3) is 0 Å². The summed E-state index contributed by atoms with van der Waals surface area (Å²) in [6.07, 6.45) is 2.12. The van der Waals surface area contributed by atoms with Gasteiger partial charge in [0.25, 0.3) is 0 Å². The Morgan fingerprint density at radius 3 is 2.67 bits per heavy atom. The highest BCUT2D eigenvalue weighted by atomic mass is 19.1. The number of nitrogens with zero attached hydrogens (tertiary/aromatic N) is 1. The molecule has 0 fully saturated rings. The molecule has 1 heterocycles. The number of hydrogen-bond acceptors (Lipinski definition) is 3. The topological polar surface area (TPSA) is 38.5 Å². The van der Waals surface area contributed by atoms with Crippen molar-refractivity contribution < 1.29 is 9.13 Å². The average Bonchev–Trinajstić information content (AvgIpc) is 2.56. The number of halogens is 1. The van der Waals surface area contributed by atoms with Gasteiger partial charge in [-0.15, -0.1) is 0 Å². The number of hydrogen-bond donors (Lipinski definition) is 1. The smallest absolute Gasteiger partial charge is 0.146 e. The summed E-state index contributed by atoms with van der Waals surface area (Å²) in [5.41, 5.74) is 7.24. The molecule has 112 valence electrons. The molecular formula is C17H21FN2O. The summed E-state index contributed by atoms with van der Waals surface area (Å²) in [6, 6.07) is 12.9. The van der Waals surface area contributed by atoms with Crippen LogP contribution < -0.4 is 15.4 Å². The molecule has 2 aromatic rings. The van der Waals surface area contributed by atoms with Crippen molar-refractivity contribution in [2.75, 3.05) is 25.6 Å². The van der Waals surface area contributed by atoms with Crippen molar-refractivity contribution in [3.63, 3.8) is 0 Å². The van der Waals surface area contributed by atoms with Gasteiger partial charge >= 0.3 is 0 Å². The number of aryl methyl sites for hydroxylation is 1. The fraction of sp³-hybridized carbons (Fsp3) is 0.294. The molecule has 0 spiro atoms. The molecule has 0 amide bonds. The van der Waals surface area contributed by atoms with Gasteiger partial charge in [-0.3, -0.25) is 0 Å². The van der Waals surface area contributed by atoms with E-state index in [9.17, 15) is 4.39 Å². The second-order valence-corrected chi connectivity index (χ2v) is 4.75. The molecule has 1 aliphatic heterocycles. The Balaban J connectivity index is 0.000000774. The molecule has 0 bridgehead atoms. The van der Waals surface area contributed by atoms with Gasteiger partial charge in [-0.05, 0) is 43.7 Å². The Morgan fingerprint density at radius 1 is 1.14 bits per heavy atom. The summed E-state index contributed by atoms with van der Waals surface area (Å²) >= 11 is 0. The van der Waals surface area contributed by atoms with Crippen molar-refractivity contribution in [3.05, 3.63) is 53.8 Å². The van der Waals surface area contributed by atoms with E-state index in [1.807, 2.05) is 30.1 Å². The Labute approximate surface area is 125 Å². The van der Waals surface area contributed by atoms with E-state index < -0.39 is 0 Å². The number of benzene rings is 2. The largest absolute Gasteiger partial charge is 0.493 e. The van der Waals surface area contributed by atoms with Gasteiger partial charge in [-0.25, -0.2) is 4.39 Å². The first-order valence-corrected chi connectivity index (χ1v) is 7.07. The molecule has 2 aromatic carbocycles. The fourth-order valence-electron chi connectivity index (χ4n) is 2.40. The molecule has 2 N–H and O–H groups in total. The predicted octanol–water partition coefficient (Wildman–Crippen LogP) is 3.49. The van der Waals surface area contributed by atoms with E-state index in [0.717, 1.165) is 30.9 Å². The molecule has 0 aromatic heterocycles. The monoisotopic (exact) mass is 288 g/mol. The molecule has 1 aliphatic rings. The molecule has 0 atom stereocenters. The molecule has 4 heteroatoms. The fourth-order valence-corrected chi connectivity index (χ4v) is 2.40. The van der Waals surface area contributed by atoms with E-state index in [2.05, 4.69) is 11.8 Å². The van der Waals surface area contributed by atoms with Gasteiger partial charge in [0, 0.05) is 18.8 Å². The highest BCUT2D eigenvalue weighted by molar-refractivity contribution is 5.65. The van der Waals surface area contributed by atoms with Crippen molar-refractivity contribution in [1.82, 2.24) is 0 Å². The van der Waals surface area contributed by atoms with Gasteiger partial charge in [-0.2, -0.15) is 0 Å². The van der Waals surface area contributed by atoms with Crippen LogP contribution in [0.15, 0.2) is 42.5 Å². The lowest BCUT2D eigenvalue weighted by Gasteiger charge is -2.23. The first kappa shape index (κ1) is 15.3. The first-order chi connectivity index (χ1) is 10.3. The lowest BCUT2D eigenvalue weighted by molar-refractivity contribution is 0.288. The normalized spacial score (nSPS) is 12.6. The minimum absolute atomic E-state index is 0.219. The standard InChI is InChI=1S/C16H16FNO.CH5N/c1-18(15-7-3-2-6-14(15)17)13-9-8-12-5-4-10-19-16(12)11-13;1-2/h2-3,6-9,11H,4-5,10H2,1H3;2H2,1H3. The van der Waals surface area contributed by atoms with Crippen LogP contribution in [0.5, 0.6) is 5.75 Å². The van der Waals surface area contributed by atoms with E-state index >= 15 is 0 Å². The van der Waals surface area contributed by atoms with E-state index in [1.165, 1.54) is 18.7 Å². The number of nitrogens with two attached hydrogens (primary N) is 1. The summed E-state index contributed by atoms with van der Waals surface area (Å²) in [5, 5.41) is 0. The number of ether oxygens (including phenoxy) is 1. The number of anilines is 2. The second-order valence-electron chi connectivity index (χ2n) is 4.75. The van der Waals surface area contributed by atoms with Gasteiger partial charge in [0.05, 0.1) is 12.3 Å². The van der Waals surface area contributed by atoms with Crippen LogP contribution in [0.3, 0.4) is 0 Å². The van der Waals surface area contributed by atoms with Crippen molar-refractivity contribution in [2.24, 2.45) is 5.73 Å². The van der Waals surface area contributed by atoms with Gasteiger partial charge < -0.3 is 15.4 Å². The molecule has 3 rings (SSSR count). The first-order valence-electron chi connectivity index (χ1n) is 7.07. The molecule has 3 nitrogen and oxygen atoms in total. The zero-order valence-electron chi connectivity index (χ0n) is 12.5. The maximum atomic E-state index is 13.8. The van der Waals surface area contributed by atoms with Crippen molar-refractivity contribution in [1.29, 1.82) is 0 Å². The third kappa shape index (κ3) is 3.34. The van der Waals surface area contributed by atoms with Crippen LogP contribution in [0.4, 0.5) is 15.8 Å². The van der Waals surface area contributed by atoms with E-state index in [4.69, 9.17) is 4.74 Å². The molecule has 0 saturated carbocycles. The third-order valence-corrected chi connectivity index (χ3v) is 3.50. The zero-order chi connectivity index (χ0) is 15.2. The lowest BCUT2D eigenvalue weighted by atomic mass is 10.1. The summed E-state index contributed by atoms with van der Waals surface area (Å²) in [4.78, 5) is 1.84. The summed E-state index contributed by atoms with van der Waals surface area (Å²) in [6.45, 7) is 0.764. The summed E-state index contributed by atoms with van der Waals surface area (Å²) < 4.78 is 19.5. The van der Waals surface area contributed by atoms with E-state index in [-0.39, 0.29) is 5.82 Å². The highest BCUT2D eigenvalue weighted by Gasteiger charge is 2.14. The minimum Gasteiger partial charge on any atom is -0.493 e. The number of fused-ring (bicyclic) bond motifs is 1. The quantitative estimate of drug-likeness (QED) is 0.919. The lowest BCUT2D eigenvalue weighted by Crippen LogP contribution is -2.13. The van der Waals surface area contributed by atoms with Gasteiger partial charge in [-0.1, -0.05) is 18.2 Å². The summed E-state index contributed by atoms with van der Waals surface area (Å²) in [5.74, 6) is 0.704. The van der Waals surface area contributed by atoms with E-state index in [0.29, 0.717) is 5.69 Å². The Bertz CT molecular complexity index is 601. The van der Waals surface area contributed by atoms with Crippen molar-refractivity contribution >= 4 is 11.4 Å². The summed E-state index contributed by atoms with van der Waals surface area (Å²) in [7, 11) is 3.36. The van der Waals surface area contributed by atoms with Crippen molar-refractivity contribution in [2.45, 2.75) is 12.8 Å². The molecule has 0 radical (unpaired) electrons. The van der Waals surface area contributed by atoms with Crippen LogP contribution in [0.2, 0.25) is 0 Å². The zero-order valence-corrected chi connectivity index (χ0v) is 12.5. The second kappa shape index (κ2) is 7.09. The third-order valence-electron chi connectivity index (χ3n) is 3.50. The molecule has 0 saturated heterocycles.